The molecule has 0 saturated heterocycles. The molecule has 1 amide bonds. The van der Waals surface area contributed by atoms with Crippen LogP contribution < -0.4 is 5.32 Å². The Labute approximate surface area is 154 Å². The summed E-state index contributed by atoms with van der Waals surface area (Å²) in [7, 11) is 0. The first-order valence-electron chi connectivity index (χ1n) is 8.21. The van der Waals surface area contributed by atoms with Gasteiger partial charge < -0.3 is 10.4 Å². The highest BCUT2D eigenvalue weighted by atomic mass is 79.9. The number of hydrogen-bond acceptors (Lipinski definition) is 3. The minimum absolute atomic E-state index is 0.0784. The fraction of sp³-hybridized carbons (Fsp3) is 0.200. The van der Waals surface area contributed by atoms with E-state index in [0.717, 1.165) is 45.0 Å². The van der Waals surface area contributed by atoms with Crippen LogP contribution in [-0.2, 0) is 6.42 Å². The zero-order valence-electron chi connectivity index (χ0n) is 13.7. The van der Waals surface area contributed by atoms with Gasteiger partial charge in [-0.05, 0) is 61.2 Å². The lowest BCUT2D eigenvalue weighted by Crippen LogP contribution is -2.27. The maximum atomic E-state index is 13.0. The first kappa shape index (κ1) is 16.1. The highest BCUT2D eigenvalue weighted by molar-refractivity contribution is 9.10. The summed E-state index contributed by atoms with van der Waals surface area (Å²) in [5.41, 5.74) is 4.18. The van der Waals surface area contributed by atoms with Crippen LogP contribution in [0.2, 0.25) is 0 Å². The van der Waals surface area contributed by atoms with Crippen molar-refractivity contribution in [3.05, 3.63) is 69.3 Å². The van der Waals surface area contributed by atoms with Gasteiger partial charge in [0.05, 0.1) is 17.1 Å². The highest BCUT2D eigenvalue weighted by Crippen LogP contribution is 2.36. The van der Waals surface area contributed by atoms with Gasteiger partial charge >= 0.3 is 0 Å². The molecular formula is C20H17BrN2O2. The van der Waals surface area contributed by atoms with Gasteiger partial charge in [0.15, 0.2) is 0 Å². The van der Waals surface area contributed by atoms with E-state index in [-0.39, 0.29) is 11.9 Å². The van der Waals surface area contributed by atoms with E-state index in [0.29, 0.717) is 11.3 Å². The van der Waals surface area contributed by atoms with Crippen LogP contribution in [0.15, 0.2) is 46.9 Å². The molecule has 0 bridgehead atoms. The van der Waals surface area contributed by atoms with Crippen molar-refractivity contribution in [1.82, 2.24) is 10.3 Å². The molecule has 2 aromatic carbocycles. The molecule has 0 spiro atoms. The largest absolute Gasteiger partial charge is 0.508 e. The minimum atomic E-state index is -0.116. The van der Waals surface area contributed by atoms with Crippen molar-refractivity contribution in [2.45, 2.75) is 25.8 Å². The molecule has 4 rings (SSSR count). The summed E-state index contributed by atoms with van der Waals surface area (Å²) >= 11 is 3.46. The Morgan fingerprint density at radius 2 is 2.12 bits per heavy atom. The molecule has 2 N–H and O–H groups in total. The summed E-state index contributed by atoms with van der Waals surface area (Å²) in [6, 6.07) is 13.0. The van der Waals surface area contributed by atoms with Crippen molar-refractivity contribution in [1.29, 1.82) is 0 Å². The number of phenols is 1. The first-order chi connectivity index (χ1) is 12.0. The Balaban J connectivity index is 1.70. The number of nitrogens with one attached hydrogen (secondary N) is 1. The smallest absolute Gasteiger partial charge is 0.252 e. The molecule has 0 saturated carbocycles. The van der Waals surface area contributed by atoms with Gasteiger partial charge in [0.25, 0.3) is 5.91 Å². The standard InChI is InChI=1S/C20H17BrN2O2/c1-11-9-16(15-10-12(21)5-7-18(15)22-11)20(25)23-17-8-6-14-13(17)3-2-4-19(14)24/h2-5,7,9-10,17,24H,6,8H2,1H3,(H,23,25). The van der Waals surface area contributed by atoms with Gasteiger partial charge in [-0.2, -0.15) is 0 Å². The molecule has 126 valence electrons. The van der Waals surface area contributed by atoms with Crippen molar-refractivity contribution < 1.29 is 9.90 Å². The van der Waals surface area contributed by atoms with Crippen molar-refractivity contribution in [2.24, 2.45) is 0 Å². The average Bonchev–Trinajstić information content (AvgIpc) is 2.99. The Hall–Kier alpha value is -2.40. The van der Waals surface area contributed by atoms with Crippen LogP contribution >= 0.6 is 15.9 Å². The van der Waals surface area contributed by atoms with E-state index < -0.39 is 0 Å². The quantitative estimate of drug-likeness (QED) is 0.673. The molecule has 0 aliphatic heterocycles. The number of benzene rings is 2. The van der Waals surface area contributed by atoms with Gasteiger partial charge in [0.2, 0.25) is 0 Å². The summed E-state index contributed by atoms with van der Waals surface area (Å²) in [4.78, 5) is 17.5. The van der Waals surface area contributed by atoms with Gasteiger partial charge in [0.1, 0.15) is 5.75 Å². The summed E-state index contributed by atoms with van der Waals surface area (Å²) < 4.78 is 0.913. The third-order valence-corrected chi connectivity index (χ3v) is 5.19. The van der Waals surface area contributed by atoms with E-state index in [2.05, 4.69) is 26.2 Å². The number of aromatic hydroxyl groups is 1. The maximum absolute atomic E-state index is 13.0. The Morgan fingerprint density at radius 3 is 2.96 bits per heavy atom. The van der Waals surface area contributed by atoms with Gasteiger partial charge in [-0.1, -0.05) is 28.1 Å². The Bertz CT molecular complexity index is 1000. The number of halogens is 1. The van der Waals surface area contributed by atoms with Crippen molar-refractivity contribution in [2.75, 3.05) is 0 Å². The van der Waals surface area contributed by atoms with Gasteiger partial charge in [-0.15, -0.1) is 0 Å². The first-order valence-corrected chi connectivity index (χ1v) is 9.01. The number of fused-ring (bicyclic) bond motifs is 2. The van der Waals surface area contributed by atoms with Gasteiger partial charge in [-0.3, -0.25) is 9.78 Å². The van der Waals surface area contributed by atoms with Crippen LogP contribution in [0, 0.1) is 6.92 Å². The predicted molar refractivity (Wildman–Crippen MR) is 101 cm³/mol. The number of carbonyl (C=O) groups is 1. The number of pyridine rings is 1. The predicted octanol–water partition coefficient (Wildman–Crippen LogP) is 4.43. The summed E-state index contributed by atoms with van der Waals surface area (Å²) in [5.74, 6) is 0.193. The van der Waals surface area contributed by atoms with Crippen LogP contribution in [0.25, 0.3) is 10.9 Å². The summed E-state index contributed by atoms with van der Waals surface area (Å²) in [6.07, 6.45) is 1.57. The zero-order valence-corrected chi connectivity index (χ0v) is 15.3. The second-order valence-electron chi connectivity index (χ2n) is 6.38. The molecule has 5 heteroatoms. The molecule has 3 aromatic rings. The van der Waals surface area contributed by atoms with Gasteiger partial charge in [-0.25, -0.2) is 0 Å². The zero-order chi connectivity index (χ0) is 17.6. The topological polar surface area (TPSA) is 62.2 Å². The molecule has 1 atom stereocenters. The van der Waals surface area contributed by atoms with Crippen molar-refractivity contribution >= 4 is 32.7 Å². The molecule has 4 nitrogen and oxygen atoms in total. The van der Waals surface area contributed by atoms with Crippen molar-refractivity contribution in [3.63, 3.8) is 0 Å². The number of hydrogen-bond donors (Lipinski definition) is 2. The van der Waals surface area contributed by atoms with E-state index in [9.17, 15) is 9.90 Å². The average molecular weight is 397 g/mol. The van der Waals surface area contributed by atoms with E-state index in [1.54, 1.807) is 6.07 Å². The van der Waals surface area contributed by atoms with E-state index >= 15 is 0 Å². The van der Waals surface area contributed by atoms with E-state index in [1.165, 1.54) is 0 Å². The number of carbonyl (C=O) groups excluding carboxylic acids is 1. The lowest BCUT2D eigenvalue weighted by atomic mass is 10.0. The maximum Gasteiger partial charge on any atom is 0.252 e. The second kappa shape index (κ2) is 6.15. The van der Waals surface area contributed by atoms with E-state index in [4.69, 9.17) is 0 Å². The lowest BCUT2D eigenvalue weighted by Gasteiger charge is -2.16. The molecule has 0 radical (unpaired) electrons. The third-order valence-electron chi connectivity index (χ3n) is 4.69. The summed E-state index contributed by atoms with van der Waals surface area (Å²) in [5, 5.41) is 13.9. The van der Waals surface area contributed by atoms with Crippen molar-refractivity contribution in [3.8, 4) is 5.75 Å². The van der Waals surface area contributed by atoms with Gasteiger partial charge in [0, 0.05) is 15.6 Å². The SMILES string of the molecule is Cc1cc(C(=O)NC2CCc3c(O)cccc32)c2cc(Br)ccc2n1. The number of nitrogens with zero attached hydrogens (tertiary/aromatic N) is 1. The Morgan fingerprint density at radius 1 is 1.28 bits per heavy atom. The van der Waals surface area contributed by atoms with Crippen LogP contribution in [0.3, 0.4) is 0 Å². The molecule has 25 heavy (non-hydrogen) atoms. The van der Waals surface area contributed by atoms with Crippen LogP contribution in [-0.4, -0.2) is 16.0 Å². The second-order valence-corrected chi connectivity index (χ2v) is 7.30. The monoisotopic (exact) mass is 396 g/mol. The molecule has 1 aromatic heterocycles. The fourth-order valence-corrected chi connectivity index (χ4v) is 3.90. The third kappa shape index (κ3) is 2.89. The molecule has 0 fully saturated rings. The number of rotatable bonds is 2. The number of amides is 1. The van der Waals surface area contributed by atoms with Crippen LogP contribution in [0.5, 0.6) is 5.75 Å². The minimum Gasteiger partial charge on any atom is -0.508 e. The molecule has 1 unspecified atom stereocenters. The fourth-order valence-electron chi connectivity index (χ4n) is 3.54. The van der Waals surface area contributed by atoms with E-state index in [1.807, 2.05) is 43.3 Å². The normalized spacial score (nSPS) is 16.0. The molecule has 1 heterocycles. The number of aryl methyl sites for hydroxylation is 1. The highest BCUT2D eigenvalue weighted by Gasteiger charge is 2.26. The Kier molecular flexibility index (Phi) is 3.96. The molecule has 1 aliphatic carbocycles. The lowest BCUT2D eigenvalue weighted by molar-refractivity contribution is 0.0938. The number of aromatic nitrogens is 1. The molecule has 1 aliphatic rings. The van der Waals surface area contributed by atoms with Crippen LogP contribution in [0.1, 0.15) is 39.6 Å². The summed E-state index contributed by atoms with van der Waals surface area (Å²) in [6.45, 7) is 1.89. The molecular weight excluding hydrogens is 380 g/mol. The van der Waals surface area contributed by atoms with Crippen LogP contribution in [0.4, 0.5) is 0 Å². The number of phenolic OH excluding ortho intramolecular Hbond substituents is 1.